The highest BCUT2D eigenvalue weighted by Gasteiger charge is 2.03. The average molecular weight is 368 g/mol. The van der Waals surface area contributed by atoms with Crippen molar-refractivity contribution in [2.24, 2.45) is 0 Å². The highest BCUT2D eigenvalue weighted by molar-refractivity contribution is 9.10. The molecular weight excluding hydrogens is 352 g/mol. The molecule has 0 radical (unpaired) electrons. The van der Waals surface area contributed by atoms with Crippen molar-refractivity contribution in [2.45, 2.75) is 19.9 Å². The third kappa shape index (κ3) is 4.76. The molecule has 0 saturated heterocycles. The van der Waals surface area contributed by atoms with Gasteiger partial charge in [0.25, 0.3) is 0 Å². The first kappa shape index (κ1) is 15.9. The van der Waals surface area contributed by atoms with Crippen molar-refractivity contribution in [1.82, 2.24) is 0 Å². The molecule has 2 N–H and O–H groups in total. The Morgan fingerprint density at radius 3 is 2.71 bits per heavy atom. The van der Waals surface area contributed by atoms with E-state index in [-0.39, 0.29) is 5.91 Å². The molecule has 2 rings (SSSR count). The summed E-state index contributed by atoms with van der Waals surface area (Å²) in [6.45, 7) is 2.47. The number of benzene rings is 2. The van der Waals surface area contributed by atoms with Gasteiger partial charge < -0.3 is 10.6 Å². The normalized spacial score (nSPS) is 10.2. The van der Waals surface area contributed by atoms with Crippen LogP contribution in [0.15, 0.2) is 46.9 Å². The Labute approximate surface area is 137 Å². The van der Waals surface area contributed by atoms with Crippen LogP contribution >= 0.6 is 27.5 Å². The van der Waals surface area contributed by atoms with Crippen molar-refractivity contribution in [3.8, 4) is 0 Å². The van der Waals surface area contributed by atoms with Gasteiger partial charge in [-0.15, -0.1) is 0 Å². The molecule has 0 heterocycles. The van der Waals surface area contributed by atoms with E-state index in [0.717, 1.165) is 21.4 Å². The molecule has 0 saturated carbocycles. The van der Waals surface area contributed by atoms with Crippen molar-refractivity contribution < 1.29 is 4.79 Å². The summed E-state index contributed by atoms with van der Waals surface area (Å²) in [6, 6.07) is 13.3. The predicted octanol–water partition coefficient (Wildman–Crippen LogP) is 5.06. The summed E-state index contributed by atoms with van der Waals surface area (Å²) in [5, 5.41) is 6.87. The van der Waals surface area contributed by atoms with Crippen molar-refractivity contribution in [3.63, 3.8) is 0 Å². The second-order valence-corrected chi connectivity index (χ2v) is 5.86. The van der Waals surface area contributed by atoms with Crippen LogP contribution in [-0.2, 0) is 11.3 Å². The van der Waals surface area contributed by atoms with E-state index in [9.17, 15) is 4.79 Å². The first-order valence-corrected chi connectivity index (χ1v) is 7.83. The lowest BCUT2D eigenvalue weighted by molar-refractivity contribution is -0.115. The fraction of sp³-hybridized carbons (Fsp3) is 0.188. The van der Waals surface area contributed by atoms with Crippen LogP contribution in [0, 0.1) is 0 Å². The zero-order valence-electron chi connectivity index (χ0n) is 11.6. The molecule has 0 aromatic heterocycles. The highest BCUT2D eigenvalue weighted by Crippen LogP contribution is 2.23. The molecule has 5 heteroatoms. The van der Waals surface area contributed by atoms with Crippen molar-refractivity contribution in [3.05, 3.63) is 57.5 Å². The van der Waals surface area contributed by atoms with Crippen LogP contribution in [0.1, 0.15) is 18.9 Å². The lowest BCUT2D eigenvalue weighted by atomic mass is 10.2. The molecule has 2 aromatic rings. The van der Waals surface area contributed by atoms with E-state index in [1.54, 1.807) is 0 Å². The highest BCUT2D eigenvalue weighted by atomic mass is 79.9. The molecule has 0 atom stereocenters. The lowest BCUT2D eigenvalue weighted by Gasteiger charge is -2.10. The molecule has 2 aromatic carbocycles. The SMILES string of the molecule is CCC(=O)Nc1cccc(NCc2cc(Cl)ccc2Br)c1. The number of amides is 1. The number of carbonyl (C=O) groups is 1. The van der Waals surface area contributed by atoms with E-state index in [4.69, 9.17) is 11.6 Å². The van der Waals surface area contributed by atoms with Gasteiger partial charge in [-0.25, -0.2) is 0 Å². The number of carbonyl (C=O) groups excluding carboxylic acids is 1. The maximum Gasteiger partial charge on any atom is 0.224 e. The second kappa shape index (κ2) is 7.48. The lowest BCUT2D eigenvalue weighted by Crippen LogP contribution is -2.09. The van der Waals surface area contributed by atoms with Crippen LogP contribution in [0.2, 0.25) is 5.02 Å². The standard InChI is InChI=1S/C16H16BrClN2O/c1-2-16(21)20-14-5-3-4-13(9-14)19-10-11-8-12(18)6-7-15(11)17/h3-9,19H,2,10H2,1H3,(H,20,21). The van der Waals surface area contributed by atoms with Crippen LogP contribution < -0.4 is 10.6 Å². The summed E-state index contributed by atoms with van der Waals surface area (Å²) in [5.74, 6) is 0.00438. The van der Waals surface area contributed by atoms with Crippen molar-refractivity contribution >= 4 is 44.8 Å². The Morgan fingerprint density at radius 2 is 1.95 bits per heavy atom. The van der Waals surface area contributed by atoms with Gasteiger partial charge in [0.15, 0.2) is 0 Å². The third-order valence-electron chi connectivity index (χ3n) is 2.96. The Hall–Kier alpha value is -1.52. The summed E-state index contributed by atoms with van der Waals surface area (Å²) >= 11 is 9.51. The maximum absolute atomic E-state index is 11.4. The number of hydrogen-bond donors (Lipinski definition) is 2. The number of rotatable bonds is 5. The minimum atomic E-state index is 0.00438. The maximum atomic E-state index is 11.4. The minimum absolute atomic E-state index is 0.00438. The van der Waals surface area contributed by atoms with Gasteiger partial charge in [-0.3, -0.25) is 4.79 Å². The molecule has 110 valence electrons. The molecule has 0 fully saturated rings. The molecular formula is C16H16BrClN2O. The van der Waals surface area contributed by atoms with Gasteiger partial charge in [-0.2, -0.15) is 0 Å². The van der Waals surface area contributed by atoms with Crippen LogP contribution in [0.3, 0.4) is 0 Å². The van der Waals surface area contributed by atoms with E-state index in [1.165, 1.54) is 0 Å². The fourth-order valence-corrected chi connectivity index (χ4v) is 2.41. The van der Waals surface area contributed by atoms with E-state index in [1.807, 2.05) is 49.4 Å². The van der Waals surface area contributed by atoms with Crippen molar-refractivity contribution in [2.75, 3.05) is 10.6 Å². The van der Waals surface area contributed by atoms with Crippen molar-refractivity contribution in [1.29, 1.82) is 0 Å². The zero-order chi connectivity index (χ0) is 15.2. The molecule has 21 heavy (non-hydrogen) atoms. The first-order valence-electron chi connectivity index (χ1n) is 6.66. The Bertz CT molecular complexity index is 646. The number of anilines is 2. The molecule has 0 bridgehead atoms. The van der Waals surface area contributed by atoms with E-state index in [0.29, 0.717) is 18.0 Å². The fourth-order valence-electron chi connectivity index (χ4n) is 1.83. The van der Waals surface area contributed by atoms with E-state index < -0.39 is 0 Å². The first-order chi connectivity index (χ1) is 10.1. The quantitative estimate of drug-likeness (QED) is 0.775. The largest absolute Gasteiger partial charge is 0.381 e. The second-order valence-electron chi connectivity index (χ2n) is 4.57. The number of halogens is 2. The zero-order valence-corrected chi connectivity index (χ0v) is 14.0. The van der Waals surface area contributed by atoms with Crippen LogP contribution in [0.25, 0.3) is 0 Å². The van der Waals surface area contributed by atoms with Gasteiger partial charge >= 0.3 is 0 Å². The Morgan fingerprint density at radius 1 is 1.19 bits per heavy atom. The number of nitrogens with one attached hydrogen (secondary N) is 2. The van der Waals surface area contributed by atoms with Gasteiger partial charge in [-0.05, 0) is 42.0 Å². The number of hydrogen-bond acceptors (Lipinski definition) is 2. The molecule has 0 unspecified atom stereocenters. The van der Waals surface area contributed by atoms with Gasteiger partial charge in [0, 0.05) is 33.8 Å². The predicted molar refractivity (Wildman–Crippen MR) is 91.8 cm³/mol. The smallest absolute Gasteiger partial charge is 0.224 e. The van der Waals surface area contributed by atoms with E-state index in [2.05, 4.69) is 26.6 Å². The molecule has 0 aliphatic carbocycles. The molecule has 3 nitrogen and oxygen atoms in total. The molecule has 1 amide bonds. The Balaban J connectivity index is 2.04. The minimum Gasteiger partial charge on any atom is -0.381 e. The van der Waals surface area contributed by atoms with Gasteiger partial charge in [0.1, 0.15) is 0 Å². The summed E-state index contributed by atoms with van der Waals surface area (Å²) in [6.07, 6.45) is 0.465. The average Bonchev–Trinajstić information content (AvgIpc) is 2.48. The monoisotopic (exact) mass is 366 g/mol. The van der Waals surface area contributed by atoms with Gasteiger partial charge in [0.05, 0.1) is 0 Å². The van der Waals surface area contributed by atoms with E-state index >= 15 is 0 Å². The summed E-state index contributed by atoms with van der Waals surface area (Å²) in [7, 11) is 0. The third-order valence-corrected chi connectivity index (χ3v) is 3.97. The van der Waals surface area contributed by atoms with Crippen LogP contribution in [0.5, 0.6) is 0 Å². The van der Waals surface area contributed by atoms with Gasteiger partial charge in [0.2, 0.25) is 5.91 Å². The summed E-state index contributed by atoms with van der Waals surface area (Å²) in [5.41, 5.74) is 2.80. The molecule has 0 aliphatic rings. The molecule has 0 aliphatic heterocycles. The van der Waals surface area contributed by atoms with Crippen LogP contribution in [0.4, 0.5) is 11.4 Å². The Kier molecular flexibility index (Phi) is 5.65. The summed E-state index contributed by atoms with van der Waals surface area (Å²) in [4.78, 5) is 11.4. The topological polar surface area (TPSA) is 41.1 Å². The van der Waals surface area contributed by atoms with Crippen LogP contribution in [-0.4, -0.2) is 5.91 Å². The molecule has 0 spiro atoms. The van der Waals surface area contributed by atoms with Gasteiger partial charge in [-0.1, -0.05) is 40.5 Å². The summed E-state index contributed by atoms with van der Waals surface area (Å²) < 4.78 is 1.01.